The van der Waals surface area contributed by atoms with E-state index in [0.29, 0.717) is 6.10 Å². The summed E-state index contributed by atoms with van der Waals surface area (Å²) in [5, 5.41) is 0. The fourth-order valence-corrected chi connectivity index (χ4v) is 0.996. The molecule has 0 rings (SSSR count). The van der Waals surface area contributed by atoms with Crippen LogP contribution in [0.5, 0.6) is 0 Å². The highest BCUT2D eigenvalue weighted by molar-refractivity contribution is 5.98. The van der Waals surface area contributed by atoms with Crippen molar-refractivity contribution >= 4 is 10.5 Å². The second kappa shape index (κ2) is 4.34. The summed E-state index contributed by atoms with van der Waals surface area (Å²) in [5.74, 6) is 0. The molecule has 0 aliphatic carbocycles. The van der Waals surface area contributed by atoms with Gasteiger partial charge in [-0.25, -0.2) is 0 Å². The van der Waals surface area contributed by atoms with E-state index in [-0.39, 0.29) is 0 Å². The summed E-state index contributed by atoms with van der Waals surface area (Å²) in [6.07, 6.45) is 2.78. The van der Waals surface area contributed by atoms with Gasteiger partial charge in [-0.1, -0.05) is 13.8 Å². The molecule has 2 heteroatoms. The Labute approximate surface area is 48.6 Å². The molecule has 43 valence electrons. The first-order valence-corrected chi connectivity index (χ1v) is 3.33. The van der Waals surface area contributed by atoms with Gasteiger partial charge in [-0.15, -0.1) is 0 Å². The lowest BCUT2D eigenvalue weighted by atomic mass is 10.2. The van der Waals surface area contributed by atoms with E-state index < -0.39 is 0 Å². The van der Waals surface area contributed by atoms with Gasteiger partial charge in [0.15, 0.2) is 10.5 Å². The third-order valence-corrected chi connectivity index (χ3v) is 1.62. The van der Waals surface area contributed by atoms with Gasteiger partial charge in [0.2, 0.25) is 0 Å². The summed E-state index contributed by atoms with van der Waals surface area (Å²) in [5.41, 5.74) is 0. The van der Waals surface area contributed by atoms with Gasteiger partial charge in [-0.2, -0.15) is 0 Å². The molecule has 0 saturated carbocycles. The van der Waals surface area contributed by atoms with Crippen LogP contribution in [0.3, 0.4) is 0 Å². The monoisotopic (exact) mass is 117 g/mol. The normalized spacial score (nSPS) is 10.3. The van der Waals surface area contributed by atoms with Crippen LogP contribution in [0.2, 0.25) is 0 Å². The number of hydrogen-bond donors (Lipinski definition) is 0. The lowest BCUT2D eigenvalue weighted by Crippen LogP contribution is -2.06. The Hall–Kier alpha value is 0.177. The first kappa shape index (κ1) is 7.18. The zero-order chi connectivity index (χ0) is 5.70. The second-order valence-corrected chi connectivity index (χ2v) is 1.94. The first-order chi connectivity index (χ1) is 3.35. The highest BCUT2D eigenvalue weighted by Crippen LogP contribution is 1.98. The Morgan fingerprint density at radius 2 is 1.86 bits per heavy atom. The lowest BCUT2D eigenvalue weighted by molar-refractivity contribution is 0.212. The fraction of sp³-hybridized carbons (Fsp3) is 1.00. The van der Waals surface area contributed by atoms with E-state index in [9.17, 15) is 0 Å². The molecule has 1 nitrogen and oxygen atoms in total. The zero-order valence-electron chi connectivity index (χ0n) is 5.11. The van der Waals surface area contributed by atoms with Crippen molar-refractivity contribution in [2.75, 3.05) is 0 Å². The molecule has 0 aromatic rings. The maximum absolute atomic E-state index is 5.08. The lowest BCUT2D eigenvalue weighted by Gasteiger charge is -2.07. The van der Waals surface area contributed by atoms with Crippen LogP contribution in [0.1, 0.15) is 26.7 Å². The predicted octanol–water partition coefficient (Wildman–Crippen LogP) is 0.740. The Morgan fingerprint density at radius 3 is 1.86 bits per heavy atom. The molecular formula is C5H13OSi. The Balaban J connectivity index is 2.99. The molecule has 0 fully saturated rings. The maximum Gasteiger partial charge on any atom is 0.175 e. The summed E-state index contributed by atoms with van der Waals surface area (Å²) in [4.78, 5) is 0. The van der Waals surface area contributed by atoms with Crippen molar-refractivity contribution in [3.05, 3.63) is 0 Å². The topological polar surface area (TPSA) is 9.23 Å². The van der Waals surface area contributed by atoms with Crippen LogP contribution in [0.15, 0.2) is 0 Å². The minimum Gasteiger partial charge on any atom is -0.422 e. The number of rotatable bonds is 3. The van der Waals surface area contributed by atoms with E-state index in [1.807, 2.05) is 0 Å². The van der Waals surface area contributed by atoms with Crippen molar-refractivity contribution in [1.29, 1.82) is 0 Å². The largest absolute Gasteiger partial charge is 0.422 e. The standard InChI is InChI=1S/C5H13OSi/c1-3-5(4-2)6-7/h5H,3-4,7H2,1-2H3. The van der Waals surface area contributed by atoms with Gasteiger partial charge in [0.1, 0.15) is 0 Å². The molecule has 1 radical (unpaired) electrons. The maximum atomic E-state index is 5.08. The Morgan fingerprint density at radius 1 is 1.43 bits per heavy atom. The van der Waals surface area contributed by atoms with Crippen LogP contribution in [0.25, 0.3) is 0 Å². The fourth-order valence-electron chi connectivity index (χ4n) is 0.524. The molecule has 0 aromatic heterocycles. The van der Waals surface area contributed by atoms with Gasteiger partial charge in [-0.3, -0.25) is 0 Å². The van der Waals surface area contributed by atoms with E-state index >= 15 is 0 Å². The van der Waals surface area contributed by atoms with Gasteiger partial charge in [0, 0.05) is 6.10 Å². The van der Waals surface area contributed by atoms with Crippen LogP contribution < -0.4 is 0 Å². The van der Waals surface area contributed by atoms with Crippen molar-refractivity contribution in [2.24, 2.45) is 0 Å². The van der Waals surface area contributed by atoms with Crippen molar-refractivity contribution < 1.29 is 4.43 Å². The molecule has 0 unspecified atom stereocenters. The van der Waals surface area contributed by atoms with Gasteiger partial charge in [0.25, 0.3) is 0 Å². The molecule has 0 atom stereocenters. The van der Waals surface area contributed by atoms with E-state index in [2.05, 4.69) is 13.8 Å². The average Bonchev–Trinajstić information content (AvgIpc) is 1.72. The van der Waals surface area contributed by atoms with Crippen LogP contribution in [-0.2, 0) is 4.43 Å². The minimum atomic E-state index is 0.498. The van der Waals surface area contributed by atoms with Gasteiger partial charge in [0.05, 0.1) is 0 Å². The molecule has 0 aromatic carbocycles. The second-order valence-electron chi connectivity index (χ2n) is 1.61. The summed E-state index contributed by atoms with van der Waals surface area (Å²) in [6.45, 7) is 4.28. The van der Waals surface area contributed by atoms with Crippen molar-refractivity contribution in [3.8, 4) is 0 Å². The third-order valence-electron chi connectivity index (χ3n) is 1.15. The van der Waals surface area contributed by atoms with Crippen molar-refractivity contribution in [3.63, 3.8) is 0 Å². The van der Waals surface area contributed by atoms with Crippen molar-refractivity contribution in [1.82, 2.24) is 0 Å². The molecule has 0 N–H and O–H groups in total. The first-order valence-electron chi connectivity index (χ1n) is 2.76. The highest BCUT2D eigenvalue weighted by atomic mass is 28.2. The van der Waals surface area contributed by atoms with E-state index in [0.717, 1.165) is 12.8 Å². The van der Waals surface area contributed by atoms with Crippen LogP contribution >= 0.6 is 0 Å². The molecule has 7 heavy (non-hydrogen) atoms. The summed E-state index contributed by atoms with van der Waals surface area (Å²) >= 11 is 0. The molecule has 0 spiro atoms. The molecular weight excluding hydrogens is 104 g/mol. The Kier molecular flexibility index (Phi) is 4.45. The molecule has 0 heterocycles. The van der Waals surface area contributed by atoms with Crippen molar-refractivity contribution in [2.45, 2.75) is 32.8 Å². The van der Waals surface area contributed by atoms with Gasteiger partial charge in [-0.05, 0) is 12.8 Å². The molecule has 0 aliphatic heterocycles. The van der Waals surface area contributed by atoms with E-state index in [1.165, 1.54) is 0 Å². The van der Waals surface area contributed by atoms with Gasteiger partial charge >= 0.3 is 0 Å². The van der Waals surface area contributed by atoms with Crippen LogP contribution in [-0.4, -0.2) is 16.6 Å². The smallest absolute Gasteiger partial charge is 0.175 e. The average molecular weight is 117 g/mol. The van der Waals surface area contributed by atoms with E-state index in [1.54, 1.807) is 10.5 Å². The Bertz CT molecular complexity index is 29.6. The molecule has 0 amide bonds. The SMILES string of the molecule is CCC(CC)O[SiH2]. The summed E-state index contributed by atoms with van der Waals surface area (Å²) in [7, 11) is 1.59. The minimum absolute atomic E-state index is 0.498. The summed E-state index contributed by atoms with van der Waals surface area (Å²) in [6, 6.07) is 0. The molecule has 0 aliphatic rings. The molecule has 0 bridgehead atoms. The number of hydrogen-bond acceptors (Lipinski definition) is 1. The summed E-state index contributed by atoms with van der Waals surface area (Å²) < 4.78 is 5.08. The predicted molar refractivity (Wildman–Crippen MR) is 34.0 cm³/mol. The van der Waals surface area contributed by atoms with Crippen LogP contribution in [0, 0.1) is 0 Å². The zero-order valence-corrected chi connectivity index (χ0v) is 6.52. The molecule has 0 saturated heterocycles. The third kappa shape index (κ3) is 2.82. The van der Waals surface area contributed by atoms with Crippen LogP contribution in [0.4, 0.5) is 0 Å². The quantitative estimate of drug-likeness (QED) is 0.495. The van der Waals surface area contributed by atoms with Gasteiger partial charge < -0.3 is 4.43 Å². The van der Waals surface area contributed by atoms with E-state index in [4.69, 9.17) is 4.43 Å². The highest BCUT2D eigenvalue weighted by Gasteiger charge is 1.95.